The molecule has 0 aliphatic carbocycles. The molecular weight excluding hydrogens is 96.1 g/mol. The van der Waals surface area contributed by atoms with Gasteiger partial charge >= 0.3 is 0 Å². The van der Waals surface area contributed by atoms with E-state index in [1.807, 2.05) is 0 Å². The molecule has 0 aromatic rings. The molecule has 0 unspecified atom stereocenters. The Bertz CT molecular complexity index is 12.5. The van der Waals surface area contributed by atoms with Crippen LogP contribution in [0.3, 0.4) is 0 Å². The van der Waals surface area contributed by atoms with Gasteiger partial charge in [0.25, 0.3) is 0 Å². The quantitative estimate of drug-likeness (QED) is 0.422. The molecule has 0 atom stereocenters. The van der Waals surface area contributed by atoms with E-state index >= 15 is 0 Å². The van der Waals surface area contributed by atoms with Gasteiger partial charge in [-0.05, 0) is 0 Å². The molecule has 0 aliphatic rings. The molecule has 0 heterocycles. The maximum Gasteiger partial charge on any atom is 0 e. The van der Waals surface area contributed by atoms with E-state index in [0.29, 0.717) is 0 Å². The highest BCUT2D eigenvalue weighted by Gasteiger charge is 0.739. The lowest BCUT2D eigenvalue weighted by Gasteiger charge is -1.27. The maximum atomic E-state index is 3.25. The Kier molecular flexibility index (Phi) is 0. The lowest BCUT2D eigenvalue weighted by atomic mass is 11.0. The monoisotopic (exact) mass is 131 g/mol. The lowest BCUT2D eigenvalue weighted by molar-refractivity contribution is 1.81. The topological polar surface area (TPSA) is 0 Å². The van der Waals surface area contributed by atoms with Crippen LogP contribution < -0.4 is 0 Å². The average Bonchev–Trinajstić information content (AvgIpc) is 2.03. The first kappa shape index (κ1) is 24.5. The van der Waals surface area contributed by atoms with Crippen molar-refractivity contribution >= 4 is 0 Å². The Hall–Kier alpha value is 0. The predicted molar refractivity (Wildman–Crippen MR) is 54.7 cm³/mol. The Morgan fingerprint density at radius 2 is 0.500 bits per heavy atom. The van der Waals surface area contributed by atoms with Crippen molar-refractivity contribution in [1.29, 1.82) is 0 Å². The summed E-state index contributed by atoms with van der Waals surface area (Å²) in [7, 11) is 0. The second kappa shape index (κ2) is 0. The van der Waals surface area contributed by atoms with Crippen LogP contribution in [0.2, 0.25) is 0 Å². The first-order chi connectivity index (χ1) is 4.00. The van der Waals surface area contributed by atoms with Crippen LogP contribution in [0.4, 0.5) is 0 Å². The zero-order valence-corrected chi connectivity index (χ0v) is 6.83. The highest BCUT2D eigenvalue weighted by molar-refractivity contribution is 3.95. The van der Waals surface area contributed by atoms with E-state index in [4.69, 9.17) is 0 Å². The van der Waals surface area contributed by atoms with Crippen molar-refractivity contribution in [2.75, 3.05) is 0 Å². The summed E-state index contributed by atoms with van der Waals surface area (Å²) in [6, 6.07) is 0. The molecule has 0 nitrogen and oxygen atoms in total. The fourth-order valence-corrected chi connectivity index (χ4v) is 0. The van der Waals surface area contributed by atoms with Crippen molar-refractivity contribution in [3.8, 4) is 0 Å². The van der Waals surface area contributed by atoms with Crippen LogP contribution >= 0.6 is 0 Å². The lowest BCUT2D eigenvalue weighted by Crippen LogP contribution is -0.888. The summed E-state index contributed by atoms with van der Waals surface area (Å²) in [5.41, 5.74) is 0. The SMILES string of the molecule is [2HH].[2HH].[2HH].[2HH].[2HH].[CH2-]C.[CH2-]C.[CH2-]C.[CH2-]C. The third kappa shape index (κ3) is 0. The van der Waals surface area contributed by atoms with Crippen LogP contribution in [0.5, 0.6) is 0 Å². The van der Waals surface area contributed by atoms with Gasteiger partial charge in [-0.25, -0.2) is 0 Å². The molecule has 0 radical (unpaired) electrons. The van der Waals surface area contributed by atoms with Crippen LogP contribution in [-0.2, 0) is 0 Å². The molecule has 0 saturated carbocycles. The standard InChI is InChI=1S/4C2H5.5H2/c4*1-2;;;;;/h4*1H2,2H3;5*1H/q4*-1;;;;;/i;;;;5*1+1. The van der Waals surface area contributed by atoms with Crippen molar-refractivity contribution in [2.45, 2.75) is 27.7 Å². The van der Waals surface area contributed by atoms with Crippen LogP contribution in [0, 0.1) is 27.7 Å². The first-order valence-electron chi connectivity index (χ1n) is 2.83. The third-order valence-electron chi connectivity index (χ3n) is 0. The molecule has 8 heavy (non-hydrogen) atoms. The molecular formula is C8H30-4. The molecule has 0 aliphatic heterocycles. The van der Waals surface area contributed by atoms with E-state index < -0.39 is 0 Å². The van der Waals surface area contributed by atoms with Crippen LogP contribution in [0.15, 0.2) is 0 Å². The second-order valence-corrected chi connectivity index (χ2v) is 0. The predicted octanol–water partition coefficient (Wildman–Crippen LogP) is 4.59. The Labute approximate surface area is 63.7 Å². The van der Waals surface area contributed by atoms with E-state index in [9.17, 15) is 0 Å². The summed E-state index contributed by atoms with van der Waals surface area (Å²) < 4.78 is 0. The van der Waals surface area contributed by atoms with Gasteiger partial charge in [-0.1, -0.05) is 0 Å². The molecule has 0 rings (SSSR count). The van der Waals surface area contributed by atoms with Gasteiger partial charge in [-0.3, -0.25) is 0 Å². The van der Waals surface area contributed by atoms with E-state index in [0.717, 1.165) is 0 Å². The molecule has 66 valence electrons. The molecule has 0 spiro atoms. The fraction of sp³-hybridized carbons (Fsp3) is 0.500. The minimum absolute atomic E-state index is 0. The van der Waals surface area contributed by atoms with Gasteiger partial charge in [0.15, 0.2) is 0 Å². The summed E-state index contributed by atoms with van der Waals surface area (Å²) in [6.07, 6.45) is 0. The third-order valence-corrected chi connectivity index (χ3v) is 0. The average molecular weight is 131 g/mol. The van der Waals surface area contributed by atoms with Gasteiger partial charge in [0.1, 0.15) is 0 Å². The normalized spacial score (nSPS) is 3.00. The highest BCUT2D eigenvalue weighted by Crippen LogP contribution is 1.12. The Balaban J connectivity index is -0.00000000208. The molecule has 0 heteroatoms. The van der Waals surface area contributed by atoms with Gasteiger partial charge in [-0.15, -0.1) is 0 Å². The molecule has 0 fully saturated rings. The molecule has 0 aromatic carbocycles. The largest absolute Gasteiger partial charge is 0.346 e. The zero-order valence-electron chi connectivity index (χ0n) is 6.83. The van der Waals surface area contributed by atoms with Crippen molar-refractivity contribution in [3.05, 3.63) is 27.7 Å². The van der Waals surface area contributed by atoms with Gasteiger partial charge < -0.3 is 27.7 Å². The fourth-order valence-electron chi connectivity index (χ4n) is 0. The zero-order chi connectivity index (χ0) is 8.00. The minimum Gasteiger partial charge on any atom is -0.346 e. The Morgan fingerprint density at radius 3 is 0.500 bits per heavy atom. The summed E-state index contributed by atoms with van der Waals surface area (Å²) >= 11 is 0. The maximum absolute atomic E-state index is 3.25. The van der Waals surface area contributed by atoms with Crippen molar-refractivity contribution in [1.82, 2.24) is 0 Å². The molecule has 0 saturated heterocycles. The van der Waals surface area contributed by atoms with Gasteiger partial charge in [0.05, 0.1) is 0 Å². The summed E-state index contributed by atoms with van der Waals surface area (Å²) in [4.78, 5) is 0. The van der Waals surface area contributed by atoms with Gasteiger partial charge in [-0.2, -0.15) is 27.7 Å². The van der Waals surface area contributed by atoms with Gasteiger partial charge in [0.2, 0.25) is 0 Å². The van der Waals surface area contributed by atoms with Crippen molar-refractivity contribution in [2.24, 2.45) is 0 Å². The minimum atomic E-state index is 0. The first-order valence-corrected chi connectivity index (χ1v) is 2.83. The molecule has 0 N–H and O–H groups in total. The van der Waals surface area contributed by atoms with Crippen LogP contribution in [0.25, 0.3) is 0 Å². The molecule has 0 amide bonds. The summed E-state index contributed by atoms with van der Waals surface area (Å²) in [6.45, 7) is 20.0. The molecule has 0 bridgehead atoms. The van der Waals surface area contributed by atoms with Crippen molar-refractivity contribution < 1.29 is 7.13 Å². The van der Waals surface area contributed by atoms with E-state index in [2.05, 4.69) is 27.7 Å². The summed E-state index contributed by atoms with van der Waals surface area (Å²) in [5.74, 6) is 0. The van der Waals surface area contributed by atoms with Crippen LogP contribution in [-0.4, -0.2) is 0 Å². The van der Waals surface area contributed by atoms with E-state index in [-0.39, 0.29) is 7.13 Å². The second-order valence-electron chi connectivity index (χ2n) is 0. The van der Waals surface area contributed by atoms with Crippen molar-refractivity contribution in [3.63, 3.8) is 0 Å². The Morgan fingerprint density at radius 1 is 0.500 bits per heavy atom. The van der Waals surface area contributed by atoms with E-state index in [1.54, 1.807) is 27.7 Å². The number of hydrogen-bond acceptors (Lipinski definition) is 0. The van der Waals surface area contributed by atoms with Gasteiger partial charge in [0, 0.05) is 7.13 Å². The van der Waals surface area contributed by atoms with Crippen LogP contribution in [0.1, 0.15) is 34.8 Å². The summed E-state index contributed by atoms with van der Waals surface area (Å²) in [5, 5.41) is 0. The highest BCUT2D eigenvalue weighted by atomic mass is 13.0. The smallest absolute Gasteiger partial charge is 0 e. The molecule has 0 aromatic heterocycles. The number of rotatable bonds is 0. The number of hydrogen-bond donors (Lipinski definition) is 0. The van der Waals surface area contributed by atoms with E-state index in [1.165, 1.54) is 0 Å².